The third-order valence-electron chi connectivity index (χ3n) is 2.34. The molecule has 1 N–H and O–H groups in total. The van der Waals surface area contributed by atoms with Crippen molar-refractivity contribution in [1.82, 2.24) is 5.32 Å². The maximum absolute atomic E-state index is 10.8. The van der Waals surface area contributed by atoms with Crippen LogP contribution in [0.5, 0.6) is 0 Å². The van der Waals surface area contributed by atoms with Gasteiger partial charge in [-0.25, -0.2) is 0 Å². The van der Waals surface area contributed by atoms with E-state index in [2.05, 4.69) is 5.32 Å². The zero-order valence-corrected chi connectivity index (χ0v) is 8.48. The summed E-state index contributed by atoms with van der Waals surface area (Å²) in [5, 5.41) is 2.77. The van der Waals surface area contributed by atoms with E-state index >= 15 is 0 Å². The van der Waals surface area contributed by atoms with Crippen LogP contribution in [0.1, 0.15) is 19.3 Å². The lowest BCUT2D eigenvalue weighted by atomic mass is 9.97. The molecule has 3 nitrogen and oxygen atoms in total. The van der Waals surface area contributed by atoms with Gasteiger partial charge in [0.1, 0.15) is 5.88 Å². The van der Waals surface area contributed by atoms with Gasteiger partial charge in [0.15, 0.2) is 0 Å². The third kappa shape index (κ3) is 4.48. The normalized spacial score (nSPS) is 18.5. The van der Waals surface area contributed by atoms with Crippen LogP contribution in [-0.2, 0) is 9.53 Å². The number of hydrogen-bond acceptors (Lipinski definition) is 2. The number of carbonyl (C=O) groups excluding carboxylic acids is 1. The van der Waals surface area contributed by atoms with Crippen molar-refractivity contribution < 1.29 is 9.53 Å². The Hall–Kier alpha value is -0.280. The van der Waals surface area contributed by atoms with E-state index in [0.717, 1.165) is 39.0 Å². The molecule has 1 aliphatic heterocycles. The van der Waals surface area contributed by atoms with Crippen molar-refractivity contribution in [2.75, 3.05) is 25.6 Å². The van der Waals surface area contributed by atoms with Gasteiger partial charge < -0.3 is 10.1 Å². The van der Waals surface area contributed by atoms with Crippen LogP contribution in [0.3, 0.4) is 0 Å². The fourth-order valence-electron chi connectivity index (χ4n) is 1.50. The van der Waals surface area contributed by atoms with Gasteiger partial charge in [-0.2, -0.15) is 0 Å². The maximum Gasteiger partial charge on any atom is 0.234 e. The van der Waals surface area contributed by atoms with Gasteiger partial charge in [-0.05, 0) is 25.2 Å². The van der Waals surface area contributed by atoms with E-state index in [1.807, 2.05) is 0 Å². The van der Waals surface area contributed by atoms with Crippen LogP contribution < -0.4 is 5.32 Å². The van der Waals surface area contributed by atoms with Gasteiger partial charge in [0.05, 0.1) is 0 Å². The average molecular weight is 206 g/mol. The van der Waals surface area contributed by atoms with E-state index in [0.29, 0.717) is 5.92 Å². The smallest absolute Gasteiger partial charge is 0.234 e. The first-order valence-electron chi connectivity index (χ1n) is 4.73. The minimum atomic E-state index is -0.0753. The van der Waals surface area contributed by atoms with Crippen molar-refractivity contribution in [2.24, 2.45) is 5.92 Å². The molecule has 76 valence electrons. The quantitative estimate of drug-likeness (QED) is 0.700. The first-order valence-corrected chi connectivity index (χ1v) is 5.27. The molecule has 0 radical (unpaired) electrons. The lowest BCUT2D eigenvalue weighted by Gasteiger charge is -2.21. The van der Waals surface area contributed by atoms with Crippen molar-refractivity contribution in [1.29, 1.82) is 0 Å². The summed E-state index contributed by atoms with van der Waals surface area (Å²) < 4.78 is 5.24. The van der Waals surface area contributed by atoms with Crippen molar-refractivity contribution in [3.63, 3.8) is 0 Å². The van der Waals surface area contributed by atoms with Crippen molar-refractivity contribution in [3.05, 3.63) is 0 Å². The molecule has 0 saturated carbocycles. The standard InChI is InChI=1S/C9H16ClNO2/c10-7-9(12)11-4-1-8-2-5-13-6-3-8/h8H,1-7H2,(H,11,12). The molecule has 1 rings (SSSR count). The summed E-state index contributed by atoms with van der Waals surface area (Å²) in [5.41, 5.74) is 0. The second-order valence-corrected chi connectivity index (χ2v) is 3.60. The summed E-state index contributed by atoms with van der Waals surface area (Å²) >= 11 is 5.34. The molecule has 1 heterocycles. The molecule has 0 aliphatic carbocycles. The molecule has 0 aromatic rings. The van der Waals surface area contributed by atoms with Crippen LogP contribution in [-0.4, -0.2) is 31.5 Å². The molecule has 1 amide bonds. The Kier molecular flexibility index (Phi) is 5.16. The highest BCUT2D eigenvalue weighted by Crippen LogP contribution is 2.17. The highest BCUT2D eigenvalue weighted by molar-refractivity contribution is 6.27. The Balaban J connectivity index is 2.01. The molecule has 0 spiro atoms. The van der Waals surface area contributed by atoms with Crippen molar-refractivity contribution in [3.8, 4) is 0 Å². The van der Waals surface area contributed by atoms with Gasteiger partial charge >= 0.3 is 0 Å². The van der Waals surface area contributed by atoms with E-state index < -0.39 is 0 Å². The topological polar surface area (TPSA) is 38.3 Å². The van der Waals surface area contributed by atoms with Gasteiger partial charge in [-0.3, -0.25) is 4.79 Å². The molecular formula is C9H16ClNO2. The summed E-state index contributed by atoms with van der Waals surface area (Å²) in [7, 11) is 0. The molecule has 0 atom stereocenters. The van der Waals surface area contributed by atoms with E-state index in [9.17, 15) is 4.79 Å². The van der Waals surface area contributed by atoms with Crippen LogP contribution in [0.4, 0.5) is 0 Å². The summed E-state index contributed by atoms with van der Waals surface area (Å²) in [6.07, 6.45) is 3.29. The SMILES string of the molecule is O=C(CCl)NCCC1CCOCC1. The second kappa shape index (κ2) is 6.22. The number of ether oxygens (including phenoxy) is 1. The zero-order chi connectivity index (χ0) is 9.52. The largest absolute Gasteiger partial charge is 0.381 e. The number of amides is 1. The van der Waals surface area contributed by atoms with E-state index in [-0.39, 0.29) is 11.8 Å². The van der Waals surface area contributed by atoms with Gasteiger partial charge in [-0.15, -0.1) is 11.6 Å². The Morgan fingerprint density at radius 1 is 1.46 bits per heavy atom. The Labute approximate surface area is 83.8 Å². The Bertz CT molecular complexity index is 158. The molecule has 0 aromatic carbocycles. The lowest BCUT2D eigenvalue weighted by Crippen LogP contribution is -2.28. The molecule has 4 heteroatoms. The third-order valence-corrected chi connectivity index (χ3v) is 2.58. The van der Waals surface area contributed by atoms with Crippen LogP contribution in [0, 0.1) is 5.92 Å². The molecule has 1 fully saturated rings. The van der Waals surface area contributed by atoms with Gasteiger partial charge in [0.25, 0.3) is 0 Å². The van der Waals surface area contributed by atoms with Crippen LogP contribution in [0.2, 0.25) is 0 Å². The van der Waals surface area contributed by atoms with Gasteiger partial charge in [0.2, 0.25) is 5.91 Å². The fourth-order valence-corrected chi connectivity index (χ4v) is 1.59. The van der Waals surface area contributed by atoms with Crippen molar-refractivity contribution in [2.45, 2.75) is 19.3 Å². The van der Waals surface area contributed by atoms with Crippen molar-refractivity contribution >= 4 is 17.5 Å². The van der Waals surface area contributed by atoms with Gasteiger partial charge in [-0.1, -0.05) is 0 Å². The van der Waals surface area contributed by atoms with Gasteiger partial charge in [0, 0.05) is 19.8 Å². The highest BCUT2D eigenvalue weighted by atomic mass is 35.5. The van der Waals surface area contributed by atoms with E-state index in [1.54, 1.807) is 0 Å². The summed E-state index contributed by atoms with van der Waals surface area (Å²) in [5.74, 6) is 0.700. The molecule has 0 aromatic heterocycles. The van der Waals surface area contributed by atoms with Crippen LogP contribution >= 0.6 is 11.6 Å². The van der Waals surface area contributed by atoms with Crippen LogP contribution in [0.15, 0.2) is 0 Å². The number of carbonyl (C=O) groups is 1. The average Bonchev–Trinajstić information content (AvgIpc) is 2.19. The number of halogens is 1. The van der Waals surface area contributed by atoms with E-state index in [4.69, 9.17) is 16.3 Å². The number of hydrogen-bond donors (Lipinski definition) is 1. The second-order valence-electron chi connectivity index (χ2n) is 3.33. The molecule has 0 unspecified atom stereocenters. The number of alkyl halides is 1. The number of rotatable bonds is 4. The first-order chi connectivity index (χ1) is 6.33. The Morgan fingerprint density at radius 3 is 2.77 bits per heavy atom. The van der Waals surface area contributed by atoms with E-state index in [1.165, 1.54) is 0 Å². The molecule has 0 bridgehead atoms. The number of nitrogens with one attached hydrogen (secondary N) is 1. The van der Waals surface area contributed by atoms with Crippen LogP contribution in [0.25, 0.3) is 0 Å². The highest BCUT2D eigenvalue weighted by Gasteiger charge is 2.13. The fraction of sp³-hybridized carbons (Fsp3) is 0.889. The monoisotopic (exact) mass is 205 g/mol. The molecule has 1 aliphatic rings. The summed E-state index contributed by atoms with van der Waals surface area (Å²) in [6.45, 7) is 2.48. The lowest BCUT2D eigenvalue weighted by molar-refractivity contribution is -0.118. The zero-order valence-electron chi connectivity index (χ0n) is 7.72. The summed E-state index contributed by atoms with van der Waals surface area (Å²) in [4.78, 5) is 10.8. The molecule has 1 saturated heterocycles. The summed E-state index contributed by atoms with van der Waals surface area (Å²) in [6, 6.07) is 0. The predicted octanol–water partition coefficient (Wildman–Crippen LogP) is 1.16. The molecule has 13 heavy (non-hydrogen) atoms. The molecular weight excluding hydrogens is 190 g/mol. The maximum atomic E-state index is 10.8. The minimum Gasteiger partial charge on any atom is -0.381 e. The minimum absolute atomic E-state index is 0.0633. The Morgan fingerprint density at radius 2 is 2.15 bits per heavy atom. The predicted molar refractivity (Wildman–Crippen MR) is 51.9 cm³/mol. The first kappa shape index (κ1) is 10.8.